The molecule has 1 heterocycles. The highest BCUT2D eigenvalue weighted by molar-refractivity contribution is 4.91. The van der Waals surface area contributed by atoms with Crippen LogP contribution in [-0.2, 0) is 4.74 Å². The molecule has 1 unspecified atom stereocenters. The highest BCUT2D eigenvalue weighted by Gasteiger charge is 2.37. The van der Waals surface area contributed by atoms with Crippen LogP contribution in [0.5, 0.6) is 0 Å². The Balaban J connectivity index is 1.59. The molecule has 100 valence electrons. The van der Waals surface area contributed by atoms with Crippen LogP contribution >= 0.6 is 0 Å². The minimum Gasteiger partial charge on any atom is -0.378 e. The molecule has 0 radical (unpaired) electrons. The van der Waals surface area contributed by atoms with Gasteiger partial charge in [-0.15, -0.1) is 0 Å². The summed E-state index contributed by atoms with van der Waals surface area (Å²) in [4.78, 5) is 2.69. The Morgan fingerprint density at radius 1 is 1.29 bits per heavy atom. The first-order valence-electron chi connectivity index (χ1n) is 7.39. The van der Waals surface area contributed by atoms with Crippen LogP contribution in [0.2, 0.25) is 0 Å². The first-order chi connectivity index (χ1) is 8.33. The molecule has 0 aromatic carbocycles. The summed E-state index contributed by atoms with van der Waals surface area (Å²) in [5.41, 5.74) is 0. The second-order valence-corrected chi connectivity index (χ2v) is 5.56. The zero-order valence-corrected chi connectivity index (χ0v) is 11.5. The molecule has 0 spiro atoms. The van der Waals surface area contributed by atoms with Gasteiger partial charge in [0.2, 0.25) is 0 Å². The average Bonchev–Trinajstić information content (AvgIpc) is 2.71. The minimum absolute atomic E-state index is 0.558. The van der Waals surface area contributed by atoms with E-state index in [-0.39, 0.29) is 0 Å². The summed E-state index contributed by atoms with van der Waals surface area (Å²) in [5, 5.41) is 3.55. The monoisotopic (exact) mass is 240 g/mol. The van der Waals surface area contributed by atoms with Crippen LogP contribution in [0.1, 0.15) is 39.5 Å². The van der Waals surface area contributed by atoms with Crippen molar-refractivity contribution in [1.82, 2.24) is 10.2 Å². The first kappa shape index (κ1) is 13.3. The number of rotatable bonds is 7. The van der Waals surface area contributed by atoms with Gasteiger partial charge in [0.1, 0.15) is 0 Å². The molecule has 2 rings (SSSR count). The summed E-state index contributed by atoms with van der Waals surface area (Å²) in [7, 11) is 0. The van der Waals surface area contributed by atoms with Gasteiger partial charge in [0, 0.05) is 19.2 Å². The van der Waals surface area contributed by atoms with E-state index in [1.165, 1.54) is 51.9 Å². The minimum atomic E-state index is 0.558. The first-order valence-corrected chi connectivity index (χ1v) is 7.39. The maximum absolute atomic E-state index is 5.63. The predicted octanol–water partition coefficient (Wildman–Crippen LogP) is 1.88. The van der Waals surface area contributed by atoms with Gasteiger partial charge in [-0.25, -0.2) is 0 Å². The second kappa shape index (κ2) is 6.72. The van der Waals surface area contributed by atoms with Crippen LogP contribution in [0.15, 0.2) is 0 Å². The Morgan fingerprint density at radius 3 is 2.82 bits per heavy atom. The molecule has 0 amide bonds. The molecular weight excluding hydrogens is 212 g/mol. The lowest BCUT2D eigenvalue weighted by Crippen LogP contribution is -2.47. The molecule has 1 atom stereocenters. The van der Waals surface area contributed by atoms with Gasteiger partial charge in [0.25, 0.3) is 0 Å². The molecule has 3 nitrogen and oxygen atoms in total. The summed E-state index contributed by atoms with van der Waals surface area (Å²) in [6.07, 6.45) is 5.72. The van der Waals surface area contributed by atoms with Gasteiger partial charge < -0.3 is 10.1 Å². The lowest BCUT2D eigenvalue weighted by atomic mass is 9.88. The second-order valence-electron chi connectivity index (χ2n) is 5.56. The molecule has 0 aromatic rings. The van der Waals surface area contributed by atoms with E-state index < -0.39 is 0 Å². The number of nitrogens with one attached hydrogen (secondary N) is 1. The predicted molar refractivity (Wildman–Crippen MR) is 71.3 cm³/mol. The summed E-state index contributed by atoms with van der Waals surface area (Å²) in [5.74, 6) is 0.882. The molecular formula is C14H28N2O. The SMILES string of the molecule is CCCNCC1CCN(C2CC(OCC)C2)C1. The molecule has 17 heavy (non-hydrogen) atoms. The summed E-state index contributed by atoms with van der Waals surface area (Å²) < 4.78 is 5.63. The van der Waals surface area contributed by atoms with Crippen LogP contribution in [0.25, 0.3) is 0 Å². The summed E-state index contributed by atoms with van der Waals surface area (Å²) in [6, 6.07) is 0.822. The van der Waals surface area contributed by atoms with E-state index in [9.17, 15) is 0 Å². The molecule has 2 fully saturated rings. The maximum Gasteiger partial charge on any atom is 0.0604 e. The number of hydrogen-bond donors (Lipinski definition) is 1. The Bertz CT molecular complexity index is 216. The third-order valence-electron chi connectivity index (χ3n) is 4.17. The van der Waals surface area contributed by atoms with Gasteiger partial charge in [-0.05, 0) is 58.2 Å². The fraction of sp³-hybridized carbons (Fsp3) is 1.00. The zero-order chi connectivity index (χ0) is 12.1. The third-order valence-corrected chi connectivity index (χ3v) is 4.17. The van der Waals surface area contributed by atoms with Crippen molar-refractivity contribution in [1.29, 1.82) is 0 Å². The Kier molecular flexibility index (Phi) is 5.26. The van der Waals surface area contributed by atoms with Crippen LogP contribution in [0.3, 0.4) is 0 Å². The molecule has 0 aromatic heterocycles. The fourth-order valence-electron chi connectivity index (χ4n) is 3.05. The van der Waals surface area contributed by atoms with Crippen molar-refractivity contribution in [2.45, 2.75) is 51.7 Å². The third kappa shape index (κ3) is 3.67. The van der Waals surface area contributed by atoms with Crippen molar-refractivity contribution >= 4 is 0 Å². The lowest BCUT2D eigenvalue weighted by Gasteiger charge is -2.41. The smallest absolute Gasteiger partial charge is 0.0604 e. The van der Waals surface area contributed by atoms with Gasteiger partial charge >= 0.3 is 0 Å². The van der Waals surface area contributed by atoms with Crippen LogP contribution < -0.4 is 5.32 Å². The van der Waals surface area contributed by atoms with Crippen LogP contribution in [0, 0.1) is 5.92 Å². The van der Waals surface area contributed by atoms with E-state index in [0.717, 1.165) is 18.6 Å². The number of hydrogen-bond acceptors (Lipinski definition) is 3. The highest BCUT2D eigenvalue weighted by atomic mass is 16.5. The molecule has 1 aliphatic carbocycles. The quantitative estimate of drug-likeness (QED) is 0.688. The topological polar surface area (TPSA) is 24.5 Å². The zero-order valence-electron chi connectivity index (χ0n) is 11.5. The molecule has 1 saturated carbocycles. The summed E-state index contributed by atoms with van der Waals surface area (Å²) >= 11 is 0. The number of nitrogens with zero attached hydrogens (tertiary/aromatic N) is 1. The van der Waals surface area contributed by atoms with Crippen molar-refractivity contribution < 1.29 is 4.74 Å². The molecule has 0 bridgehead atoms. The molecule has 1 aliphatic heterocycles. The van der Waals surface area contributed by atoms with Crippen molar-refractivity contribution in [3.63, 3.8) is 0 Å². The van der Waals surface area contributed by atoms with Crippen molar-refractivity contribution in [3.8, 4) is 0 Å². The maximum atomic E-state index is 5.63. The average molecular weight is 240 g/mol. The van der Waals surface area contributed by atoms with Gasteiger partial charge in [-0.2, -0.15) is 0 Å². The van der Waals surface area contributed by atoms with Gasteiger partial charge in [-0.3, -0.25) is 4.90 Å². The number of likely N-dealkylation sites (tertiary alicyclic amines) is 1. The van der Waals surface area contributed by atoms with E-state index in [2.05, 4.69) is 24.1 Å². The van der Waals surface area contributed by atoms with Crippen LogP contribution in [0.4, 0.5) is 0 Å². The van der Waals surface area contributed by atoms with Crippen LogP contribution in [-0.4, -0.2) is 49.8 Å². The van der Waals surface area contributed by atoms with Gasteiger partial charge in [0.15, 0.2) is 0 Å². The van der Waals surface area contributed by atoms with Crippen molar-refractivity contribution in [3.05, 3.63) is 0 Å². The molecule has 2 aliphatic rings. The standard InChI is InChI=1S/C14H28N2O/c1-3-6-15-10-12-5-7-16(11-12)13-8-14(9-13)17-4-2/h12-15H,3-11H2,1-2H3. The van der Waals surface area contributed by atoms with Crippen molar-refractivity contribution in [2.75, 3.05) is 32.8 Å². The van der Waals surface area contributed by atoms with E-state index in [1.807, 2.05) is 0 Å². The van der Waals surface area contributed by atoms with Gasteiger partial charge in [-0.1, -0.05) is 6.92 Å². The van der Waals surface area contributed by atoms with Gasteiger partial charge in [0.05, 0.1) is 6.10 Å². The van der Waals surface area contributed by atoms with Crippen molar-refractivity contribution in [2.24, 2.45) is 5.92 Å². The largest absolute Gasteiger partial charge is 0.378 e. The Labute approximate surface area is 106 Å². The Morgan fingerprint density at radius 2 is 2.12 bits per heavy atom. The van der Waals surface area contributed by atoms with E-state index in [1.54, 1.807) is 0 Å². The Hall–Kier alpha value is -0.120. The lowest BCUT2D eigenvalue weighted by molar-refractivity contribution is -0.0415. The molecule has 3 heteroatoms. The number of ether oxygens (including phenoxy) is 1. The molecule has 1 saturated heterocycles. The van der Waals surface area contributed by atoms with E-state index in [4.69, 9.17) is 4.74 Å². The molecule has 1 N–H and O–H groups in total. The highest BCUT2D eigenvalue weighted by Crippen LogP contribution is 2.31. The van der Waals surface area contributed by atoms with E-state index >= 15 is 0 Å². The van der Waals surface area contributed by atoms with E-state index in [0.29, 0.717) is 6.10 Å². The summed E-state index contributed by atoms with van der Waals surface area (Å²) in [6.45, 7) is 10.2. The normalized spacial score (nSPS) is 33.9. The fourth-order valence-corrected chi connectivity index (χ4v) is 3.05.